The van der Waals surface area contributed by atoms with E-state index in [1.165, 1.54) is 0 Å². The number of nitrogens with zero attached hydrogens (tertiary/aromatic N) is 4. The molecule has 3 rings (SSSR count). The second-order valence-corrected chi connectivity index (χ2v) is 6.43. The maximum atomic E-state index is 9.85. The monoisotopic (exact) mass is 274 g/mol. The molecule has 0 aromatic carbocycles. The Morgan fingerprint density at radius 3 is 2.14 bits per heavy atom. The second-order valence-electron chi connectivity index (χ2n) is 6.43. The number of nitriles is 4. The van der Waals surface area contributed by atoms with Crippen LogP contribution in [0.4, 0.5) is 0 Å². The molecule has 0 radical (unpaired) electrons. The van der Waals surface area contributed by atoms with E-state index >= 15 is 0 Å². The Labute approximate surface area is 124 Å². The van der Waals surface area contributed by atoms with Gasteiger partial charge in [-0.05, 0) is 42.7 Å². The third-order valence-electron chi connectivity index (χ3n) is 5.61. The van der Waals surface area contributed by atoms with E-state index in [1.54, 1.807) is 0 Å². The van der Waals surface area contributed by atoms with Gasteiger partial charge in [-0.25, -0.2) is 0 Å². The second kappa shape index (κ2) is 3.97. The molecule has 102 valence electrons. The fraction of sp³-hybridized carbons (Fsp3) is 0.529. The summed E-state index contributed by atoms with van der Waals surface area (Å²) >= 11 is 0. The largest absolute Gasteiger partial charge is 0.197 e. The SMILES string of the molecule is CC1(C2CC2)CC2=C(CC=C2)C(C#N)(C#N)C1(C#N)C#N. The van der Waals surface area contributed by atoms with Crippen molar-refractivity contribution in [1.29, 1.82) is 21.0 Å². The first kappa shape index (κ1) is 13.4. The van der Waals surface area contributed by atoms with Gasteiger partial charge >= 0.3 is 0 Å². The Bertz CT molecular complexity index is 712. The maximum absolute atomic E-state index is 9.85. The van der Waals surface area contributed by atoms with Crippen molar-refractivity contribution in [3.05, 3.63) is 23.3 Å². The van der Waals surface area contributed by atoms with E-state index in [0.717, 1.165) is 18.4 Å². The van der Waals surface area contributed by atoms with Crippen LogP contribution in [0.25, 0.3) is 0 Å². The van der Waals surface area contributed by atoms with E-state index in [-0.39, 0.29) is 5.92 Å². The molecule has 1 unspecified atom stereocenters. The topological polar surface area (TPSA) is 95.2 Å². The smallest absolute Gasteiger partial charge is 0.196 e. The molecule has 1 saturated carbocycles. The molecule has 0 N–H and O–H groups in total. The molecule has 0 saturated heterocycles. The fourth-order valence-electron chi connectivity index (χ4n) is 4.24. The summed E-state index contributed by atoms with van der Waals surface area (Å²) in [6.45, 7) is 1.91. The minimum atomic E-state index is -1.66. The molecule has 1 atom stereocenters. The molecule has 0 aliphatic heterocycles. The molecule has 4 nitrogen and oxygen atoms in total. The Morgan fingerprint density at radius 2 is 1.67 bits per heavy atom. The van der Waals surface area contributed by atoms with Crippen molar-refractivity contribution in [3.63, 3.8) is 0 Å². The summed E-state index contributed by atoms with van der Waals surface area (Å²) in [6.07, 6.45) is 6.89. The Balaban J connectivity index is 2.37. The van der Waals surface area contributed by atoms with Gasteiger partial charge in [-0.1, -0.05) is 19.1 Å². The van der Waals surface area contributed by atoms with Crippen LogP contribution in [0.5, 0.6) is 0 Å². The van der Waals surface area contributed by atoms with Gasteiger partial charge in [0.15, 0.2) is 10.8 Å². The fourth-order valence-corrected chi connectivity index (χ4v) is 4.24. The highest BCUT2D eigenvalue weighted by atomic mass is 14.7. The maximum Gasteiger partial charge on any atom is 0.197 e. The molecular weight excluding hydrogens is 260 g/mol. The minimum Gasteiger partial charge on any atom is -0.196 e. The van der Waals surface area contributed by atoms with Gasteiger partial charge < -0.3 is 0 Å². The first-order chi connectivity index (χ1) is 10.0. The van der Waals surface area contributed by atoms with Crippen molar-refractivity contribution >= 4 is 0 Å². The van der Waals surface area contributed by atoms with E-state index in [4.69, 9.17) is 0 Å². The van der Waals surface area contributed by atoms with Crippen molar-refractivity contribution in [3.8, 4) is 24.3 Å². The molecule has 0 bridgehead atoms. The average molecular weight is 274 g/mol. The zero-order chi connectivity index (χ0) is 15.3. The Kier molecular flexibility index (Phi) is 2.54. The Hall–Kier alpha value is -2.56. The molecule has 3 aliphatic carbocycles. The summed E-state index contributed by atoms with van der Waals surface area (Å²) in [6, 6.07) is 8.36. The summed E-state index contributed by atoms with van der Waals surface area (Å²) in [4.78, 5) is 0. The molecule has 0 aromatic rings. The first-order valence-corrected chi connectivity index (χ1v) is 7.09. The lowest BCUT2D eigenvalue weighted by Gasteiger charge is -2.50. The van der Waals surface area contributed by atoms with Gasteiger partial charge in [-0.15, -0.1) is 0 Å². The molecule has 0 aromatic heterocycles. The number of hydrogen-bond donors (Lipinski definition) is 0. The van der Waals surface area contributed by atoms with Crippen LogP contribution < -0.4 is 0 Å². The highest BCUT2D eigenvalue weighted by molar-refractivity contribution is 5.57. The van der Waals surface area contributed by atoms with Crippen molar-refractivity contribution in [2.24, 2.45) is 22.2 Å². The van der Waals surface area contributed by atoms with Crippen molar-refractivity contribution in [2.45, 2.75) is 32.6 Å². The summed E-state index contributed by atoms with van der Waals surface area (Å²) in [7, 11) is 0. The van der Waals surface area contributed by atoms with E-state index in [9.17, 15) is 21.0 Å². The lowest BCUT2D eigenvalue weighted by molar-refractivity contribution is 0.0645. The first-order valence-electron chi connectivity index (χ1n) is 7.09. The lowest BCUT2D eigenvalue weighted by Crippen LogP contribution is -2.54. The summed E-state index contributed by atoms with van der Waals surface area (Å²) in [5.41, 5.74) is -2.27. The van der Waals surface area contributed by atoms with Crippen LogP contribution in [0.2, 0.25) is 0 Å². The van der Waals surface area contributed by atoms with E-state index in [2.05, 4.69) is 24.3 Å². The van der Waals surface area contributed by atoms with Crippen LogP contribution in [-0.2, 0) is 0 Å². The summed E-state index contributed by atoms with van der Waals surface area (Å²) in [5.74, 6) is 0.237. The highest BCUT2D eigenvalue weighted by Crippen LogP contribution is 2.69. The average Bonchev–Trinajstić information content (AvgIpc) is 3.26. The van der Waals surface area contributed by atoms with Crippen molar-refractivity contribution < 1.29 is 0 Å². The zero-order valence-electron chi connectivity index (χ0n) is 11.8. The molecule has 1 fully saturated rings. The number of rotatable bonds is 1. The van der Waals surface area contributed by atoms with Gasteiger partial charge in [0.2, 0.25) is 0 Å². The molecule has 0 amide bonds. The quantitative estimate of drug-likeness (QED) is 0.733. The molecule has 21 heavy (non-hydrogen) atoms. The normalized spacial score (nSPS) is 31.5. The number of hydrogen-bond acceptors (Lipinski definition) is 4. The van der Waals surface area contributed by atoms with Gasteiger partial charge in [-0.2, -0.15) is 21.0 Å². The van der Waals surface area contributed by atoms with Crippen molar-refractivity contribution in [1.82, 2.24) is 0 Å². The molecular formula is C17H14N4. The summed E-state index contributed by atoms with van der Waals surface area (Å²) < 4.78 is 0. The van der Waals surface area contributed by atoms with E-state index in [0.29, 0.717) is 18.4 Å². The molecule has 0 spiro atoms. The predicted molar refractivity (Wildman–Crippen MR) is 73.5 cm³/mol. The van der Waals surface area contributed by atoms with E-state index < -0.39 is 16.2 Å². The minimum absolute atomic E-state index is 0.237. The third-order valence-corrected chi connectivity index (χ3v) is 5.61. The van der Waals surface area contributed by atoms with Crippen LogP contribution in [0.3, 0.4) is 0 Å². The van der Waals surface area contributed by atoms with Crippen LogP contribution >= 0.6 is 0 Å². The summed E-state index contributed by atoms with van der Waals surface area (Å²) in [5, 5.41) is 39.3. The van der Waals surface area contributed by atoms with E-state index in [1.807, 2.05) is 19.1 Å². The third kappa shape index (κ3) is 1.26. The van der Waals surface area contributed by atoms with Crippen LogP contribution in [0.1, 0.15) is 32.6 Å². The highest BCUT2D eigenvalue weighted by Gasteiger charge is 2.71. The van der Waals surface area contributed by atoms with Crippen LogP contribution in [-0.4, -0.2) is 0 Å². The molecule has 3 aliphatic rings. The van der Waals surface area contributed by atoms with Crippen LogP contribution in [0.15, 0.2) is 23.3 Å². The predicted octanol–water partition coefficient (Wildman–Crippen LogP) is 3.13. The Morgan fingerprint density at radius 1 is 1.05 bits per heavy atom. The van der Waals surface area contributed by atoms with Gasteiger partial charge in [0.05, 0.1) is 24.3 Å². The molecule has 4 heteroatoms. The van der Waals surface area contributed by atoms with Crippen molar-refractivity contribution in [2.75, 3.05) is 0 Å². The number of allylic oxidation sites excluding steroid dienone is 4. The van der Waals surface area contributed by atoms with Gasteiger partial charge in [0, 0.05) is 5.41 Å². The zero-order valence-corrected chi connectivity index (χ0v) is 11.8. The van der Waals surface area contributed by atoms with Gasteiger partial charge in [-0.3, -0.25) is 0 Å². The van der Waals surface area contributed by atoms with Crippen LogP contribution in [0, 0.1) is 67.5 Å². The standard InChI is InChI=1S/C17H14N4/c1-15(13-5-6-13)7-12-3-2-4-14(12)16(8-18,9-19)17(15,10-20)11-21/h2-3,13H,4-7H2,1H3. The van der Waals surface area contributed by atoms with Gasteiger partial charge in [0.1, 0.15) is 0 Å². The lowest BCUT2D eigenvalue weighted by atomic mass is 9.44. The molecule has 0 heterocycles. The van der Waals surface area contributed by atoms with Gasteiger partial charge in [0.25, 0.3) is 0 Å².